The number of benzene rings is 1. The van der Waals surface area contributed by atoms with Crippen molar-refractivity contribution in [2.75, 3.05) is 18.9 Å². The Kier molecular flexibility index (Phi) is 3.69. The molecule has 1 aromatic rings. The van der Waals surface area contributed by atoms with E-state index in [0.29, 0.717) is 5.02 Å². The standard InChI is InChI=1S/C13H17ClN2O/c1-15-9-13(6-3-7-13)12(17)16-11-5-2-4-10(14)8-11/h2,4-5,8,15H,3,6-7,9H2,1H3,(H,16,17). The van der Waals surface area contributed by atoms with Gasteiger partial charge in [-0.15, -0.1) is 0 Å². The molecule has 0 aromatic heterocycles. The molecule has 1 amide bonds. The second-order valence-corrected chi connectivity index (χ2v) is 5.07. The molecule has 0 bridgehead atoms. The van der Waals surface area contributed by atoms with Crippen molar-refractivity contribution >= 4 is 23.2 Å². The van der Waals surface area contributed by atoms with Gasteiger partial charge >= 0.3 is 0 Å². The lowest BCUT2D eigenvalue weighted by atomic mass is 9.68. The number of hydrogen-bond donors (Lipinski definition) is 2. The van der Waals surface area contributed by atoms with Crippen LogP contribution in [-0.2, 0) is 4.79 Å². The number of carbonyl (C=O) groups excluding carboxylic acids is 1. The van der Waals surface area contributed by atoms with Gasteiger partial charge in [-0.1, -0.05) is 24.1 Å². The maximum Gasteiger partial charge on any atom is 0.231 e. The number of nitrogens with one attached hydrogen (secondary N) is 2. The normalized spacial score (nSPS) is 17.3. The maximum absolute atomic E-state index is 12.2. The molecule has 1 aliphatic rings. The lowest BCUT2D eigenvalue weighted by Crippen LogP contribution is -2.48. The minimum absolute atomic E-state index is 0.0976. The van der Waals surface area contributed by atoms with E-state index in [1.807, 2.05) is 19.2 Å². The summed E-state index contributed by atoms with van der Waals surface area (Å²) >= 11 is 5.89. The number of anilines is 1. The number of amides is 1. The predicted octanol–water partition coefficient (Wildman–Crippen LogP) is 2.67. The van der Waals surface area contributed by atoms with Crippen molar-refractivity contribution in [3.63, 3.8) is 0 Å². The highest BCUT2D eigenvalue weighted by atomic mass is 35.5. The van der Waals surface area contributed by atoms with E-state index in [0.717, 1.165) is 31.5 Å². The lowest BCUT2D eigenvalue weighted by molar-refractivity contribution is -0.129. The van der Waals surface area contributed by atoms with Crippen molar-refractivity contribution in [3.05, 3.63) is 29.3 Å². The summed E-state index contributed by atoms with van der Waals surface area (Å²) in [4.78, 5) is 12.2. The summed E-state index contributed by atoms with van der Waals surface area (Å²) in [6.45, 7) is 0.736. The number of carbonyl (C=O) groups is 1. The van der Waals surface area contributed by atoms with Crippen molar-refractivity contribution in [1.29, 1.82) is 0 Å². The van der Waals surface area contributed by atoms with Crippen LogP contribution in [0.1, 0.15) is 19.3 Å². The molecule has 2 N–H and O–H groups in total. The van der Waals surface area contributed by atoms with E-state index in [1.54, 1.807) is 12.1 Å². The van der Waals surface area contributed by atoms with Crippen LogP contribution in [-0.4, -0.2) is 19.5 Å². The quantitative estimate of drug-likeness (QED) is 0.865. The lowest BCUT2D eigenvalue weighted by Gasteiger charge is -2.40. The minimum atomic E-state index is -0.225. The van der Waals surface area contributed by atoms with Gasteiger partial charge in [0.1, 0.15) is 0 Å². The van der Waals surface area contributed by atoms with Gasteiger partial charge in [0.25, 0.3) is 0 Å². The molecular formula is C13H17ClN2O. The Morgan fingerprint density at radius 3 is 2.76 bits per heavy atom. The fourth-order valence-electron chi connectivity index (χ4n) is 2.26. The Morgan fingerprint density at radius 2 is 2.24 bits per heavy atom. The van der Waals surface area contributed by atoms with E-state index >= 15 is 0 Å². The molecule has 1 aromatic carbocycles. The van der Waals surface area contributed by atoms with Crippen molar-refractivity contribution in [3.8, 4) is 0 Å². The van der Waals surface area contributed by atoms with Crippen LogP contribution in [0.15, 0.2) is 24.3 Å². The van der Waals surface area contributed by atoms with Crippen LogP contribution in [0.3, 0.4) is 0 Å². The highest BCUT2D eigenvalue weighted by Crippen LogP contribution is 2.41. The minimum Gasteiger partial charge on any atom is -0.326 e. The zero-order valence-corrected chi connectivity index (χ0v) is 10.7. The molecular weight excluding hydrogens is 236 g/mol. The van der Waals surface area contributed by atoms with Crippen LogP contribution in [0.4, 0.5) is 5.69 Å². The van der Waals surface area contributed by atoms with E-state index in [4.69, 9.17) is 11.6 Å². The molecule has 0 atom stereocenters. The summed E-state index contributed by atoms with van der Waals surface area (Å²) in [5, 5.41) is 6.69. The molecule has 4 heteroatoms. The smallest absolute Gasteiger partial charge is 0.231 e. The molecule has 92 valence electrons. The summed E-state index contributed by atoms with van der Waals surface area (Å²) in [6, 6.07) is 7.26. The Labute approximate surface area is 107 Å². The van der Waals surface area contributed by atoms with E-state index in [1.165, 1.54) is 0 Å². The third-order valence-electron chi connectivity index (χ3n) is 3.39. The molecule has 0 saturated heterocycles. The van der Waals surface area contributed by atoms with Gasteiger partial charge in [-0.2, -0.15) is 0 Å². The number of rotatable bonds is 4. The maximum atomic E-state index is 12.2. The van der Waals surface area contributed by atoms with Crippen LogP contribution in [0, 0.1) is 5.41 Å². The largest absolute Gasteiger partial charge is 0.326 e. The molecule has 17 heavy (non-hydrogen) atoms. The molecule has 2 rings (SSSR count). The number of halogens is 1. The van der Waals surface area contributed by atoms with Gasteiger partial charge in [-0.05, 0) is 38.1 Å². The first-order chi connectivity index (χ1) is 8.16. The van der Waals surface area contributed by atoms with Crippen molar-refractivity contribution in [2.24, 2.45) is 5.41 Å². The topological polar surface area (TPSA) is 41.1 Å². The molecule has 3 nitrogen and oxygen atoms in total. The zero-order chi connectivity index (χ0) is 12.3. The summed E-state index contributed by atoms with van der Waals surface area (Å²) < 4.78 is 0. The third kappa shape index (κ3) is 2.61. The second kappa shape index (κ2) is 5.07. The fraction of sp³-hybridized carbons (Fsp3) is 0.462. The van der Waals surface area contributed by atoms with E-state index < -0.39 is 0 Å². The fourth-order valence-corrected chi connectivity index (χ4v) is 2.45. The highest BCUT2D eigenvalue weighted by molar-refractivity contribution is 6.30. The van der Waals surface area contributed by atoms with E-state index in [9.17, 15) is 4.79 Å². The van der Waals surface area contributed by atoms with Crippen LogP contribution >= 0.6 is 11.6 Å². The summed E-state index contributed by atoms with van der Waals surface area (Å²) in [6.07, 6.45) is 3.05. The molecule has 1 saturated carbocycles. The van der Waals surface area contributed by atoms with Crippen LogP contribution in [0.25, 0.3) is 0 Å². The van der Waals surface area contributed by atoms with Crippen LogP contribution in [0.2, 0.25) is 5.02 Å². The van der Waals surface area contributed by atoms with E-state index in [-0.39, 0.29) is 11.3 Å². The highest BCUT2D eigenvalue weighted by Gasteiger charge is 2.43. The summed E-state index contributed by atoms with van der Waals surface area (Å²) in [5.74, 6) is 0.0976. The van der Waals surface area contributed by atoms with Gasteiger partial charge in [0.05, 0.1) is 5.41 Å². The Bertz CT molecular complexity index is 416. The molecule has 0 spiro atoms. The Hall–Kier alpha value is -1.06. The first kappa shape index (κ1) is 12.4. The van der Waals surface area contributed by atoms with Crippen LogP contribution < -0.4 is 10.6 Å². The zero-order valence-electron chi connectivity index (χ0n) is 9.92. The Balaban J connectivity index is 2.05. The first-order valence-corrected chi connectivity index (χ1v) is 6.26. The molecule has 0 aliphatic heterocycles. The van der Waals surface area contributed by atoms with E-state index in [2.05, 4.69) is 10.6 Å². The summed E-state index contributed by atoms with van der Waals surface area (Å²) in [7, 11) is 1.88. The molecule has 0 heterocycles. The molecule has 0 radical (unpaired) electrons. The van der Waals surface area contributed by atoms with Gasteiger partial charge in [-0.3, -0.25) is 4.79 Å². The second-order valence-electron chi connectivity index (χ2n) is 4.63. The first-order valence-electron chi connectivity index (χ1n) is 5.88. The average molecular weight is 253 g/mol. The van der Waals surface area contributed by atoms with Gasteiger partial charge in [0.15, 0.2) is 0 Å². The predicted molar refractivity (Wildman–Crippen MR) is 70.3 cm³/mol. The van der Waals surface area contributed by atoms with Gasteiger partial charge < -0.3 is 10.6 Å². The monoisotopic (exact) mass is 252 g/mol. The third-order valence-corrected chi connectivity index (χ3v) is 3.63. The van der Waals surface area contributed by atoms with Crippen molar-refractivity contribution in [1.82, 2.24) is 5.32 Å². The van der Waals surface area contributed by atoms with Gasteiger partial charge in [0, 0.05) is 17.3 Å². The van der Waals surface area contributed by atoms with Gasteiger partial charge in [-0.25, -0.2) is 0 Å². The van der Waals surface area contributed by atoms with Crippen LogP contribution in [0.5, 0.6) is 0 Å². The van der Waals surface area contributed by atoms with Crippen molar-refractivity contribution < 1.29 is 4.79 Å². The Morgan fingerprint density at radius 1 is 1.47 bits per heavy atom. The SMILES string of the molecule is CNCC1(C(=O)Nc2cccc(Cl)c2)CCC1. The van der Waals surface area contributed by atoms with Gasteiger partial charge in [0.2, 0.25) is 5.91 Å². The molecule has 0 unspecified atom stereocenters. The molecule has 1 fully saturated rings. The molecule has 1 aliphatic carbocycles. The summed E-state index contributed by atoms with van der Waals surface area (Å²) in [5.41, 5.74) is 0.543. The average Bonchev–Trinajstić information content (AvgIpc) is 2.23. The number of hydrogen-bond acceptors (Lipinski definition) is 2. The van der Waals surface area contributed by atoms with Crippen molar-refractivity contribution in [2.45, 2.75) is 19.3 Å².